The molecule has 0 aliphatic carbocycles. The predicted octanol–water partition coefficient (Wildman–Crippen LogP) is 5.10. The van der Waals surface area contributed by atoms with Gasteiger partial charge in [-0.3, -0.25) is 4.79 Å². The molecule has 0 radical (unpaired) electrons. The number of hydrogen-bond donors (Lipinski definition) is 0. The van der Waals surface area contributed by atoms with E-state index in [9.17, 15) is 31.1 Å². The van der Waals surface area contributed by atoms with E-state index in [2.05, 4.69) is 0 Å². The molecule has 0 aliphatic rings. The summed E-state index contributed by atoms with van der Waals surface area (Å²) in [5.74, 6) is -0.926. The van der Waals surface area contributed by atoms with Crippen molar-refractivity contribution in [1.82, 2.24) is 0 Å². The molecule has 0 heterocycles. The van der Waals surface area contributed by atoms with E-state index in [1.54, 1.807) is 6.92 Å². The Balaban J connectivity index is 3.31. The average molecular weight is 298 g/mol. The molecule has 1 aromatic carbocycles. The fourth-order valence-electron chi connectivity index (χ4n) is 1.67. The van der Waals surface area contributed by atoms with Crippen molar-refractivity contribution in [2.24, 2.45) is 0 Å². The molecule has 20 heavy (non-hydrogen) atoms. The molecule has 112 valence electrons. The van der Waals surface area contributed by atoms with Gasteiger partial charge in [0, 0.05) is 12.0 Å². The van der Waals surface area contributed by atoms with Crippen molar-refractivity contribution in [3.63, 3.8) is 0 Å². The fourth-order valence-corrected chi connectivity index (χ4v) is 1.67. The van der Waals surface area contributed by atoms with Crippen LogP contribution in [0.3, 0.4) is 0 Å². The monoisotopic (exact) mass is 298 g/mol. The normalized spacial score (nSPS) is 12.6. The highest BCUT2D eigenvalue weighted by molar-refractivity contribution is 5.97. The molecule has 0 N–H and O–H groups in total. The highest BCUT2D eigenvalue weighted by Gasteiger charge is 2.38. The van der Waals surface area contributed by atoms with E-state index in [-0.39, 0.29) is 12.5 Å². The Morgan fingerprint density at radius 2 is 1.65 bits per heavy atom. The van der Waals surface area contributed by atoms with Crippen LogP contribution in [0.15, 0.2) is 18.2 Å². The lowest BCUT2D eigenvalue weighted by molar-refractivity contribution is -0.141. The number of hydrogen-bond acceptors (Lipinski definition) is 1. The molecule has 0 atom stereocenters. The highest BCUT2D eigenvalue weighted by Crippen LogP contribution is 2.37. The molecule has 0 aromatic heterocycles. The first-order chi connectivity index (χ1) is 9.07. The van der Waals surface area contributed by atoms with E-state index in [1.807, 2.05) is 0 Å². The molecule has 1 rings (SSSR count). The number of rotatable bonds is 4. The van der Waals surface area contributed by atoms with Crippen LogP contribution in [0.4, 0.5) is 26.3 Å². The van der Waals surface area contributed by atoms with Crippen LogP contribution in [0.25, 0.3) is 0 Å². The van der Waals surface area contributed by atoms with Crippen molar-refractivity contribution in [1.29, 1.82) is 0 Å². The Hall–Kier alpha value is -1.53. The van der Waals surface area contributed by atoms with Gasteiger partial charge in [-0.25, -0.2) is 0 Å². The van der Waals surface area contributed by atoms with Crippen LogP contribution < -0.4 is 0 Å². The molecule has 1 nitrogen and oxygen atoms in total. The van der Waals surface area contributed by atoms with E-state index in [0.29, 0.717) is 25.0 Å². The molecule has 0 unspecified atom stereocenters. The summed E-state index contributed by atoms with van der Waals surface area (Å²) >= 11 is 0. The van der Waals surface area contributed by atoms with Crippen LogP contribution in [-0.2, 0) is 12.4 Å². The van der Waals surface area contributed by atoms with Gasteiger partial charge in [-0.05, 0) is 24.6 Å². The zero-order chi connectivity index (χ0) is 15.6. The lowest BCUT2D eigenvalue weighted by Crippen LogP contribution is -2.16. The van der Waals surface area contributed by atoms with E-state index in [1.165, 1.54) is 0 Å². The first-order valence-electron chi connectivity index (χ1n) is 5.89. The zero-order valence-corrected chi connectivity index (χ0v) is 10.5. The maximum Gasteiger partial charge on any atom is 0.417 e. The van der Waals surface area contributed by atoms with Crippen molar-refractivity contribution < 1.29 is 31.1 Å². The second-order valence-corrected chi connectivity index (χ2v) is 4.28. The Morgan fingerprint density at radius 3 is 2.10 bits per heavy atom. The number of alkyl halides is 6. The average Bonchev–Trinajstić information content (AvgIpc) is 2.33. The van der Waals surface area contributed by atoms with Gasteiger partial charge in [0.25, 0.3) is 0 Å². The second-order valence-electron chi connectivity index (χ2n) is 4.28. The van der Waals surface area contributed by atoms with Gasteiger partial charge in [0.2, 0.25) is 0 Å². The molecule has 0 fully saturated rings. The summed E-state index contributed by atoms with van der Waals surface area (Å²) in [7, 11) is 0. The van der Waals surface area contributed by atoms with E-state index < -0.39 is 34.8 Å². The summed E-state index contributed by atoms with van der Waals surface area (Å²) in [6.07, 6.45) is -8.97. The standard InChI is InChI=1S/C13H12F6O/c1-2-3-4-11(20)9-7-8(12(14,15)16)5-6-10(9)13(17,18)19/h5-7H,2-4H2,1H3. The number of carbonyl (C=O) groups is 1. The molecule has 7 heteroatoms. The lowest BCUT2D eigenvalue weighted by atomic mass is 9.97. The van der Waals surface area contributed by atoms with Crippen LogP contribution in [0.5, 0.6) is 0 Å². The van der Waals surface area contributed by atoms with Crippen LogP contribution in [0.1, 0.15) is 47.7 Å². The quantitative estimate of drug-likeness (QED) is 0.558. The van der Waals surface area contributed by atoms with Crippen molar-refractivity contribution in [2.75, 3.05) is 0 Å². The first kappa shape index (κ1) is 16.5. The van der Waals surface area contributed by atoms with Crippen molar-refractivity contribution >= 4 is 5.78 Å². The first-order valence-corrected chi connectivity index (χ1v) is 5.89. The van der Waals surface area contributed by atoms with Crippen LogP contribution >= 0.6 is 0 Å². The van der Waals surface area contributed by atoms with Gasteiger partial charge < -0.3 is 0 Å². The third kappa shape index (κ3) is 3.98. The molecular formula is C13H12F6O. The molecule has 0 bridgehead atoms. The zero-order valence-electron chi connectivity index (χ0n) is 10.5. The SMILES string of the molecule is CCCCC(=O)c1cc(C(F)(F)F)ccc1C(F)(F)F. The summed E-state index contributed by atoms with van der Waals surface area (Å²) < 4.78 is 75.7. The smallest absolute Gasteiger partial charge is 0.294 e. The van der Waals surface area contributed by atoms with Crippen LogP contribution in [-0.4, -0.2) is 5.78 Å². The van der Waals surface area contributed by atoms with Gasteiger partial charge in [0.15, 0.2) is 5.78 Å². The molecule has 0 spiro atoms. The van der Waals surface area contributed by atoms with Crippen molar-refractivity contribution in [3.8, 4) is 0 Å². The summed E-state index contributed by atoms with van der Waals surface area (Å²) in [6.45, 7) is 1.73. The number of carbonyl (C=O) groups excluding carboxylic acids is 1. The number of unbranched alkanes of at least 4 members (excludes halogenated alkanes) is 1. The minimum atomic E-state index is -4.86. The molecule has 0 aliphatic heterocycles. The van der Waals surface area contributed by atoms with Gasteiger partial charge in [0.05, 0.1) is 11.1 Å². The number of benzene rings is 1. The van der Waals surface area contributed by atoms with Crippen molar-refractivity contribution in [3.05, 3.63) is 34.9 Å². The van der Waals surface area contributed by atoms with Gasteiger partial charge in [-0.15, -0.1) is 0 Å². The highest BCUT2D eigenvalue weighted by atomic mass is 19.4. The van der Waals surface area contributed by atoms with E-state index in [4.69, 9.17) is 0 Å². The van der Waals surface area contributed by atoms with Crippen molar-refractivity contribution in [2.45, 2.75) is 38.5 Å². The third-order valence-corrected chi connectivity index (χ3v) is 2.71. The lowest BCUT2D eigenvalue weighted by Gasteiger charge is -2.15. The number of ketones is 1. The third-order valence-electron chi connectivity index (χ3n) is 2.71. The summed E-state index contributed by atoms with van der Waals surface area (Å²) in [5.41, 5.74) is -3.50. The largest absolute Gasteiger partial charge is 0.417 e. The maximum atomic E-state index is 12.7. The molecule has 0 saturated heterocycles. The van der Waals surface area contributed by atoms with Crippen LogP contribution in [0, 0.1) is 0 Å². The molecule has 0 amide bonds. The Labute approximate surface area is 111 Å². The van der Waals surface area contributed by atoms with Gasteiger partial charge in [-0.1, -0.05) is 13.3 Å². The van der Waals surface area contributed by atoms with Crippen LogP contribution in [0.2, 0.25) is 0 Å². The van der Waals surface area contributed by atoms with E-state index in [0.717, 1.165) is 0 Å². The summed E-state index contributed by atoms with van der Waals surface area (Å²) in [4.78, 5) is 11.7. The predicted molar refractivity (Wildman–Crippen MR) is 60.3 cm³/mol. The topological polar surface area (TPSA) is 17.1 Å². The summed E-state index contributed by atoms with van der Waals surface area (Å²) in [6, 6.07) is 0.919. The minimum absolute atomic E-state index is 0.207. The Kier molecular flexibility index (Phi) is 4.83. The number of halogens is 6. The maximum absolute atomic E-state index is 12.7. The second kappa shape index (κ2) is 5.85. The Bertz CT molecular complexity index is 487. The fraction of sp³-hybridized carbons (Fsp3) is 0.462. The Morgan fingerprint density at radius 1 is 1.05 bits per heavy atom. The number of Topliss-reactive ketones (excluding diaryl/α,β-unsaturated/α-hetero) is 1. The molecule has 0 saturated carbocycles. The minimum Gasteiger partial charge on any atom is -0.294 e. The van der Waals surface area contributed by atoms with Gasteiger partial charge >= 0.3 is 12.4 Å². The van der Waals surface area contributed by atoms with Gasteiger partial charge in [-0.2, -0.15) is 26.3 Å². The molecular weight excluding hydrogens is 286 g/mol. The van der Waals surface area contributed by atoms with Gasteiger partial charge in [0.1, 0.15) is 0 Å². The summed E-state index contributed by atoms with van der Waals surface area (Å²) in [5, 5.41) is 0. The van der Waals surface area contributed by atoms with E-state index >= 15 is 0 Å². The molecule has 1 aromatic rings.